The van der Waals surface area contributed by atoms with E-state index in [0.717, 1.165) is 30.5 Å². The molecule has 1 aliphatic carbocycles. The normalized spacial score (nSPS) is 23.7. The number of rotatable bonds is 4. The predicted octanol–water partition coefficient (Wildman–Crippen LogP) is 4.14. The maximum absolute atomic E-state index is 13.2. The van der Waals surface area contributed by atoms with E-state index in [1.807, 2.05) is 38.1 Å². The number of carbonyl (C=O) groups is 3. The van der Waals surface area contributed by atoms with Gasteiger partial charge in [0.1, 0.15) is 5.54 Å². The Morgan fingerprint density at radius 2 is 2.17 bits per heavy atom. The van der Waals surface area contributed by atoms with Crippen molar-refractivity contribution >= 4 is 40.0 Å². The Kier molecular flexibility index (Phi) is 5.36. The number of hydrogen-bond acceptors (Lipinski definition) is 5. The number of urea groups is 1. The minimum absolute atomic E-state index is 0.106. The van der Waals surface area contributed by atoms with Gasteiger partial charge in [-0.05, 0) is 43.4 Å². The third-order valence-corrected chi connectivity index (χ3v) is 7.00. The minimum atomic E-state index is -0.777. The van der Waals surface area contributed by atoms with Crippen LogP contribution in [-0.2, 0) is 16.1 Å². The van der Waals surface area contributed by atoms with Crippen molar-refractivity contribution in [3.63, 3.8) is 0 Å². The van der Waals surface area contributed by atoms with Crippen LogP contribution in [0.2, 0.25) is 0 Å². The molecule has 2 unspecified atom stereocenters. The van der Waals surface area contributed by atoms with Crippen LogP contribution < -0.4 is 10.2 Å². The molecule has 7 nitrogen and oxygen atoms in total. The lowest BCUT2D eigenvalue weighted by molar-refractivity contribution is -0.134. The molecule has 2 aromatic rings. The van der Waals surface area contributed by atoms with E-state index >= 15 is 0 Å². The predicted molar refractivity (Wildman–Crippen MR) is 116 cm³/mol. The fraction of sp³-hybridized carbons (Fsp3) is 0.455. The molecule has 2 aliphatic rings. The summed E-state index contributed by atoms with van der Waals surface area (Å²) in [6.45, 7) is 5.60. The van der Waals surface area contributed by atoms with Crippen molar-refractivity contribution in [2.75, 3.05) is 4.90 Å². The first-order valence-electron chi connectivity index (χ1n) is 10.3. The Morgan fingerprint density at radius 1 is 1.37 bits per heavy atom. The fourth-order valence-electron chi connectivity index (χ4n) is 4.47. The second-order valence-electron chi connectivity index (χ2n) is 8.25. The Bertz CT molecular complexity index is 1000. The van der Waals surface area contributed by atoms with Crippen LogP contribution in [-0.4, -0.2) is 33.3 Å². The van der Waals surface area contributed by atoms with Crippen LogP contribution in [0.1, 0.15) is 50.8 Å². The molecular formula is C22H26N4O3S. The fourth-order valence-corrected chi connectivity index (χ4v) is 5.34. The van der Waals surface area contributed by atoms with Gasteiger partial charge in [-0.15, -0.1) is 11.3 Å². The van der Waals surface area contributed by atoms with Crippen LogP contribution >= 0.6 is 11.3 Å². The van der Waals surface area contributed by atoms with Crippen molar-refractivity contribution in [2.45, 2.75) is 58.5 Å². The Hall–Kier alpha value is -2.74. The van der Waals surface area contributed by atoms with Gasteiger partial charge in [-0.1, -0.05) is 31.9 Å². The highest BCUT2D eigenvalue weighted by atomic mass is 32.1. The Labute approximate surface area is 180 Å². The van der Waals surface area contributed by atoms with Crippen molar-refractivity contribution < 1.29 is 14.4 Å². The van der Waals surface area contributed by atoms with Crippen LogP contribution in [0.5, 0.6) is 0 Å². The first-order valence-corrected chi connectivity index (χ1v) is 11.2. The number of nitrogens with zero attached hydrogens (tertiary/aromatic N) is 3. The van der Waals surface area contributed by atoms with Gasteiger partial charge in [0, 0.05) is 12.3 Å². The molecule has 0 bridgehead atoms. The smallest absolute Gasteiger partial charge is 0.323 e. The summed E-state index contributed by atoms with van der Waals surface area (Å²) in [4.78, 5) is 45.5. The molecule has 30 heavy (non-hydrogen) atoms. The van der Waals surface area contributed by atoms with Crippen molar-refractivity contribution in [1.29, 1.82) is 0 Å². The third-order valence-electron chi connectivity index (χ3n) is 6.13. The molecule has 8 heteroatoms. The standard InChI is InChI=1S/C22H26N4O3S/c1-14-7-6-9-18(11-14)26(16(3)27)21-23-17(13-30-21)12-25-19(28)22(24-20(25)29)10-5-4-8-15(22)2/h6-7,9,11,13,15H,4-5,8,10,12H2,1-3H3,(H,24,29). The second kappa shape index (κ2) is 7.83. The first kappa shape index (κ1) is 20.5. The number of hydrogen-bond donors (Lipinski definition) is 1. The van der Waals surface area contributed by atoms with E-state index in [1.54, 1.807) is 10.3 Å². The molecule has 1 N–H and O–H groups in total. The summed E-state index contributed by atoms with van der Waals surface area (Å²) >= 11 is 1.32. The Morgan fingerprint density at radius 3 is 2.87 bits per heavy atom. The van der Waals surface area contributed by atoms with E-state index in [0.29, 0.717) is 17.2 Å². The summed E-state index contributed by atoms with van der Waals surface area (Å²) in [7, 11) is 0. The average Bonchev–Trinajstić information content (AvgIpc) is 3.23. The molecule has 2 fully saturated rings. The zero-order chi connectivity index (χ0) is 21.5. The number of anilines is 2. The third kappa shape index (κ3) is 3.49. The lowest BCUT2D eigenvalue weighted by Gasteiger charge is -2.36. The van der Waals surface area contributed by atoms with Crippen LogP contribution in [0.25, 0.3) is 0 Å². The largest absolute Gasteiger partial charge is 0.325 e. The van der Waals surface area contributed by atoms with Gasteiger partial charge in [-0.2, -0.15) is 0 Å². The number of aryl methyl sites for hydroxylation is 1. The number of nitrogens with one attached hydrogen (secondary N) is 1. The quantitative estimate of drug-likeness (QED) is 0.745. The summed E-state index contributed by atoms with van der Waals surface area (Å²) in [5.74, 6) is -0.184. The van der Waals surface area contributed by atoms with Crippen LogP contribution in [0.3, 0.4) is 0 Å². The molecule has 4 rings (SSSR count). The second-order valence-corrected chi connectivity index (χ2v) is 9.09. The highest BCUT2D eigenvalue weighted by Gasteiger charge is 2.54. The molecule has 158 valence electrons. The molecule has 4 amide bonds. The molecule has 2 heterocycles. The number of thiazole rings is 1. The number of amides is 4. The van der Waals surface area contributed by atoms with Gasteiger partial charge in [0.05, 0.1) is 17.9 Å². The van der Waals surface area contributed by atoms with Gasteiger partial charge < -0.3 is 5.32 Å². The summed E-state index contributed by atoms with van der Waals surface area (Å²) in [5, 5.41) is 5.29. The molecule has 1 aliphatic heterocycles. The van der Waals surface area contributed by atoms with Crippen molar-refractivity contribution in [3.05, 3.63) is 40.9 Å². The lowest BCUT2D eigenvalue weighted by atomic mass is 9.73. The maximum Gasteiger partial charge on any atom is 0.325 e. The zero-order valence-electron chi connectivity index (χ0n) is 17.5. The first-order chi connectivity index (χ1) is 14.3. The molecule has 2 atom stereocenters. The van der Waals surface area contributed by atoms with E-state index in [-0.39, 0.29) is 30.3 Å². The lowest BCUT2D eigenvalue weighted by Crippen LogP contribution is -2.53. The van der Waals surface area contributed by atoms with Crippen molar-refractivity contribution in [2.24, 2.45) is 5.92 Å². The van der Waals surface area contributed by atoms with Gasteiger partial charge >= 0.3 is 6.03 Å². The number of carbonyl (C=O) groups excluding carboxylic acids is 3. The highest BCUT2D eigenvalue weighted by molar-refractivity contribution is 7.14. The van der Waals surface area contributed by atoms with Crippen LogP contribution in [0.15, 0.2) is 29.6 Å². The van der Waals surface area contributed by atoms with Crippen LogP contribution in [0, 0.1) is 12.8 Å². The van der Waals surface area contributed by atoms with E-state index in [2.05, 4.69) is 10.3 Å². The minimum Gasteiger partial charge on any atom is -0.323 e. The molecule has 1 spiro atoms. The highest BCUT2D eigenvalue weighted by Crippen LogP contribution is 2.39. The zero-order valence-corrected chi connectivity index (χ0v) is 18.3. The van der Waals surface area contributed by atoms with E-state index in [9.17, 15) is 14.4 Å². The molecule has 0 radical (unpaired) electrons. The van der Waals surface area contributed by atoms with Crippen molar-refractivity contribution in [1.82, 2.24) is 15.2 Å². The van der Waals surface area contributed by atoms with Crippen molar-refractivity contribution in [3.8, 4) is 0 Å². The van der Waals surface area contributed by atoms with Gasteiger partial charge in [-0.25, -0.2) is 9.78 Å². The van der Waals surface area contributed by atoms with E-state index in [1.165, 1.54) is 23.2 Å². The molecule has 1 saturated heterocycles. The maximum atomic E-state index is 13.2. The summed E-state index contributed by atoms with van der Waals surface area (Å²) in [6.07, 6.45) is 3.64. The van der Waals surface area contributed by atoms with Gasteiger partial charge in [0.2, 0.25) is 5.91 Å². The van der Waals surface area contributed by atoms with Gasteiger partial charge in [0.25, 0.3) is 5.91 Å². The average molecular weight is 427 g/mol. The summed E-state index contributed by atoms with van der Waals surface area (Å²) in [6, 6.07) is 7.29. The molecule has 1 aromatic heterocycles. The molecule has 1 saturated carbocycles. The van der Waals surface area contributed by atoms with E-state index in [4.69, 9.17) is 0 Å². The number of benzene rings is 1. The summed E-state index contributed by atoms with van der Waals surface area (Å²) in [5.41, 5.74) is 1.61. The monoisotopic (exact) mass is 426 g/mol. The van der Waals surface area contributed by atoms with Gasteiger partial charge in [-0.3, -0.25) is 19.4 Å². The number of aromatic nitrogens is 1. The Balaban J connectivity index is 1.56. The van der Waals surface area contributed by atoms with Gasteiger partial charge in [0.15, 0.2) is 5.13 Å². The van der Waals surface area contributed by atoms with Crippen LogP contribution in [0.4, 0.5) is 15.6 Å². The summed E-state index contributed by atoms with van der Waals surface area (Å²) < 4.78 is 0. The molecular weight excluding hydrogens is 400 g/mol. The number of imide groups is 1. The topological polar surface area (TPSA) is 82.6 Å². The SMILES string of the molecule is CC(=O)N(c1cccc(C)c1)c1nc(CN2C(=O)NC3(CCCCC3C)C2=O)cs1. The molecule has 1 aromatic carbocycles. The van der Waals surface area contributed by atoms with E-state index < -0.39 is 5.54 Å².